The number of rotatable bonds is 3. The minimum Gasteiger partial charge on any atom is -0.508 e. The van der Waals surface area contributed by atoms with Gasteiger partial charge in [0.25, 0.3) is 0 Å². The molecule has 94 valence electrons. The maximum atomic E-state index is 9.82. The molecule has 3 N–H and O–H groups in total. The van der Waals surface area contributed by atoms with Crippen LogP contribution < -0.4 is 5.73 Å². The molecule has 1 aliphatic heterocycles. The van der Waals surface area contributed by atoms with Gasteiger partial charge < -0.3 is 10.8 Å². The van der Waals surface area contributed by atoms with E-state index in [9.17, 15) is 5.11 Å². The normalized spacial score (nSPS) is 22.9. The van der Waals surface area contributed by atoms with Crippen molar-refractivity contribution in [2.24, 2.45) is 11.7 Å². The summed E-state index contributed by atoms with van der Waals surface area (Å²) in [5, 5.41) is 9.82. The van der Waals surface area contributed by atoms with Crippen LogP contribution in [0.2, 0.25) is 0 Å². The van der Waals surface area contributed by atoms with Gasteiger partial charge in [0, 0.05) is 24.7 Å². The summed E-state index contributed by atoms with van der Waals surface area (Å²) < 4.78 is 0. The second-order valence-electron chi connectivity index (χ2n) is 5.28. The Morgan fingerprint density at radius 1 is 1.53 bits per heavy atom. The Labute approximate surface area is 103 Å². The van der Waals surface area contributed by atoms with E-state index in [0.29, 0.717) is 11.7 Å². The van der Waals surface area contributed by atoms with Crippen molar-refractivity contribution in [2.45, 2.75) is 32.9 Å². The minimum atomic E-state index is 0.270. The monoisotopic (exact) mass is 234 g/mol. The fraction of sp³-hybridized carbons (Fsp3) is 0.571. The molecule has 1 aliphatic rings. The molecule has 0 bridgehead atoms. The van der Waals surface area contributed by atoms with E-state index < -0.39 is 0 Å². The molecule has 0 amide bonds. The first-order valence-corrected chi connectivity index (χ1v) is 6.32. The van der Waals surface area contributed by atoms with E-state index in [1.165, 1.54) is 12.0 Å². The number of benzene rings is 1. The van der Waals surface area contributed by atoms with Crippen molar-refractivity contribution in [3.8, 4) is 5.75 Å². The molecule has 2 unspecified atom stereocenters. The smallest absolute Gasteiger partial charge is 0.120 e. The van der Waals surface area contributed by atoms with Gasteiger partial charge in [-0.15, -0.1) is 0 Å². The quantitative estimate of drug-likeness (QED) is 0.839. The summed E-state index contributed by atoms with van der Waals surface area (Å²) in [6.07, 6.45) is 1.17. The largest absolute Gasteiger partial charge is 0.508 e. The highest BCUT2D eigenvalue weighted by atomic mass is 16.3. The summed E-state index contributed by atoms with van der Waals surface area (Å²) in [6, 6.07) is 6.05. The lowest BCUT2D eigenvalue weighted by Gasteiger charge is -2.18. The second kappa shape index (κ2) is 5.07. The van der Waals surface area contributed by atoms with Crippen LogP contribution in [0.4, 0.5) is 0 Å². The molecule has 2 atom stereocenters. The third kappa shape index (κ3) is 2.99. The van der Waals surface area contributed by atoms with Crippen molar-refractivity contribution in [3.63, 3.8) is 0 Å². The average molecular weight is 234 g/mol. The van der Waals surface area contributed by atoms with Crippen molar-refractivity contribution >= 4 is 0 Å². The number of likely N-dealkylation sites (tertiary alicyclic amines) is 1. The SMILES string of the molecule is Cc1ccc(O)c(CN2CCC(C(C)N)C2)c1. The third-order valence-electron chi connectivity index (χ3n) is 3.68. The molecule has 0 saturated carbocycles. The van der Waals surface area contributed by atoms with Gasteiger partial charge in [-0.05, 0) is 38.8 Å². The van der Waals surface area contributed by atoms with Crippen LogP contribution in [0, 0.1) is 12.8 Å². The molecule has 1 aromatic carbocycles. The Morgan fingerprint density at radius 3 is 2.94 bits per heavy atom. The first kappa shape index (κ1) is 12.4. The summed E-state index contributed by atoms with van der Waals surface area (Å²) >= 11 is 0. The number of hydrogen-bond acceptors (Lipinski definition) is 3. The van der Waals surface area contributed by atoms with Crippen LogP contribution in [0.15, 0.2) is 18.2 Å². The van der Waals surface area contributed by atoms with Gasteiger partial charge >= 0.3 is 0 Å². The molecular weight excluding hydrogens is 212 g/mol. The van der Waals surface area contributed by atoms with E-state index in [4.69, 9.17) is 5.73 Å². The Kier molecular flexibility index (Phi) is 3.69. The molecule has 3 nitrogen and oxygen atoms in total. The zero-order valence-corrected chi connectivity index (χ0v) is 10.7. The lowest BCUT2D eigenvalue weighted by molar-refractivity contribution is 0.303. The fourth-order valence-electron chi connectivity index (χ4n) is 2.52. The average Bonchev–Trinajstić information content (AvgIpc) is 2.72. The Hall–Kier alpha value is -1.06. The highest BCUT2D eigenvalue weighted by Crippen LogP contribution is 2.24. The van der Waals surface area contributed by atoms with E-state index in [-0.39, 0.29) is 6.04 Å². The van der Waals surface area contributed by atoms with Crippen LogP contribution in [0.1, 0.15) is 24.5 Å². The molecule has 17 heavy (non-hydrogen) atoms. The molecular formula is C14H22N2O. The van der Waals surface area contributed by atoms with Crippen LogP contribution in [-0.4, -0.2) is 29.1 Å². The van der Waals surface area contributed by atoms with E-state index in [1.807, 2.05) is 6.07 Å². The predicted octanol–water partition coefficient (Wildman–Crippen LogP) is 1.87. The van der Waals surface area contributed by atoms with E-state index in [1.54, 1.807) is 6.07 Å². The van der Waals surface area contributed by atoms with Crippen molar-refractivity contribution in [3.05, 3.63) is 29.3 Å². The summed E-state index contributed by atoms with van der Waals surface area (Å²) in [7, 11) is 0. The highest BCUT2D eigenvalue weighted by molar-refractivity contribution is 5.35. The van der Waals surface area contributed by atoms with Crippen LogP contribution in [-0.2, 0) is 6.54 Å². The summed E-state index contributed by atoms with van der Waals surface area (Å²) in [6.45, 7) is 7.09. The van der Waals surface area contributed by atoms with Crippen molar-refractivity contribution in [1.29, 1.82) is 0 Å². The number of phenolic OH excluding ortho intramolecular Hbond substituents is 1. The summed E-state index contributed by atoms with van der Waals surface area (Å²) in [5.41, 5.74) is 8.15. The van der Waals surface area contributed by atoms with Gasteiger partial charge in [0.1, 0.15) is 5.75 Å². The molecule has 1 fully saturated rings. The standard InChI is InChI=1S/C14H22N2O/c1-10-3-4-14(17)13(7-10)9-16-6-5-12(8-16)11(2)15/h3-4,7,11-12,17H,5-6,8-9,15H2,1-2H3. The fourth-order valence-corrected chi connectivity index (χ4v) is 2.52. The van der Waals surface area contributed by atoms with Crippen molar-refractivity contribution in [2.75, 3.05) is 13.1 Å². The number of nitrogens with two attached hydrogens (primary N) is 1. The van der Waals surface area contributed by atoms with Gasteiger partial charge in [-0.3, -0.25) is 4.90 Å². The van der Waals surface area contributed by atoms with Crippen molar-refractivity contribution in [1.82, 2.24) is 4.90 Å². The molecule has 2 rings (SSSR count). The Balaban J connectivity index is 2.00. The first-order chi connectivity index (χ1) is 8.06. The van der Waals surface area contributed by atoms with Gasteiger partial charge in [-0.2, -0.15) is 0 Å². The van der Waals surface area contributed by atoms with Crippen LogP contribution in [0.3, 0.4) is 0 Å². The molecule has 0 aliphatic carbocycles. The number of phenols is 1. The molecule has 3 heteroatoms. The molecule has 1 heterocycles. The minimum absolute atomic E-state index is 0.270. The second-order valence-corrected chi connectivity index (χ2v) is 5.28. The lowest BCUT2D eigenvalue weighted by atomic mass is 10.0. The van der Waals surface area contributed by atoms with E-state index in [0.717, 1.165) is 25.2 Å². The predicted molar refractivity (Wildman–Crippen MR) is 69.9 cm³/mol. The van der Waals surface area contributed by atoms with Crippen LogP contribution in [0.5, 0.6) is 5.75 Å². The van der Waals surface area contributed by atoms with Gasteiger partial charge in [0.05, 0.1) is 0 Å². The molecule has 0 radical (unpaired) electrons. The maximum Gasteiger partial charge on any atom is 0.120 e. The van der Waals surface area contributed by atoms with Gasteiger partial charge in [-0.25, -0.2) is 0 Å². The van der Waals surface area contributed by atoms with Gasteiger partial charge in [-0.1, -0.05) is 17.7 Å². The topological polar surface area (TPSA) is 49.5 Å². The zero-order chi connectivity index (χ0) is 12.4. The first-order valence-electron chi connectivity index (χ1n) is 6.32. The molecule has 1 aromatic rings. The number of hydrogen-bond donors (Lipinski definition) is 2. The molecule has 0 aromatic heterocycles. The number of aryl methyl sites for hydroxylation is 1. The van der Waals surface area contributed by atoms with E-state index in [2.05, 4.69) is 24.8 Å². The lowest BCUT2D eigenvalue weighted by Crippen LogP contribution is -2.29. The van der Waals surface area contributed by atoms with Gasteiger partial charge in [0.2, 0.25) is 0 Å². The van der Waals surface area contributed by atoms with E-state index >= 15 is 0 Å². The van der Waals surface area contributed by atoms with Gasteiger partial charge in [0.15, 0.2) is 0 Å². The molecule has 1 saturated heterocycles. The number of nitrogens with zero attached hydrogens (tertiary/aromatic N) is 1. The van der Waals surface area contributed by atoms with Crippen molar-refractivity contribution < 1.29 is 5.11 Å². The highest BCUT2D eigenvalue weighted by Gasteiger charge is 2.25. The summed E-state index contributed by atoms with van der Waals surface area (Å²) in [5.74, 6) is 1.00. The maximum absolute atomic E-state index is 9.82. The number of aromatic hydroxyl groups is 1. The summed E-state index contributed by atoms with van der Waals surface area (Å²) in [4.78, 5) is 2.38. The van der Waals surface area contributed by atoms with Crippen LogP contribution >= 0.6 is 0 Å². The zero-order valence-electron chi connectivity index (χ0n) is 10.7. The van der Waals surface area contributed by atoms with Crippen LogP contribution in [0.25, 0.3) is 0 Å². The molecule has 0 spiro atoms. The third-order valence-corrected chi connectivity index (χ3v) is 3.68. The Bertz CT molecular complexity index is 390. The Morgan fingerprint density at radius 2 is 2.29 bits per heavy atom.